The minimum atomic E-state index is -0.0824. The molecule has 1 fully saturated rings. The van der Waals surface area contributed by atoms with Crippen LogP contribution in [-0.2, 0) is 11.2 Å². The Kier molecular flexibility index (Phi) is 2.64. The van der Waals surface area contributed by atoms with Gasteiger partial charge in [0.1, 0.15) is 0 Å². The van der Waals surface area contributed by atoms with Crippen LogP contribution in [0.25, 0.3) is 0 Å². The molecule has 1 aromatic carbocycles. The van der Waals surface area contributed by atoms with E-state index in [2.05, 4.69) is 22.8 Å². The summed E-state index contributed by atoms with van der Waals surface area (Å²) in [4.78, 5) is 11.3. The highest BCUT2D eigenvalue weighted by Crippen LogP contribution is 2.44. The average Bonchev–Trinajstić information content (AvgIpc) is 3.09. The van der Waals surface area contributed by atoms with Gasteiger partial charge in [-0.3, -0.25) is 4.79 Å². The topological polar surface area (TPSA) is 67.2 Å². The molecule has 96 valence electrons. The van der Waals surface area contributed by atoms with Gasteiger partial charge < -0.3 is 16.4 Å². The van der Waals surface area contributed by atoms with Crippen molar-refractivity contribution in [1.82, 2.24) is 5.32 Å². The molecule has 0 spiro atoms. The van der Waals surface area contributed by atoms with Crippen molar-refractivity contribution in [2.24, 2.45) is 5.73 Å². The van der Waals surface area contributed by atoms with E-state index in [4.69, 9.17) is 5.73 Å². The van der Waals surface area contributed by atoms with Crippen molar-refractivity contribution < 1.29 is 4.79 Å². The van der Waals surface area contributed by atoms with Gasteiger partial charge in [-0.1, -0.05) is 12.1 Å². The molecule has 4 heteroatoms. The zero-order valence-corrected chi connectivity index (χ0v) is 10.6. The molecule has 1 aliphatic heterocycles. The zero-order chi connectivity index (χ0) is 12.8. The number of nitrogens with one attached hydrogen (secondary N) is 2. The van der Waals surface area contributed by atoms with Crippen LogP contribution in [0, 0.1) is 0 Å². The summed E-state index contributed by atoms with van der Waals surface area (Å²) in [6.07, 6.45) is 3.55. The molecule has 0 bridgehead atoms. The number of anilines is 1. The third kappa shape index (κ3) is 1.91. The van der Waals surface area contributed by atoms with E-state index in [1.165, 1.54) is 11.1 Å². The quantitative estimate of drug-likeness (QED) is 0.752. The first-order chi connectivity index (χ1) is 8.62. The van der Waals surface area contributed by atoms with Crippen molar-refractivity contribution in [3.63, 3.8) is 0 Å². The van der Waals surface area contributed by atoms with E-state index >= 15 is 0 Å². The summed E-state index contributed by atoms with van der Waals surface area (Å²) in [7, 11) is 1.96. The highest BCUT2D eigenvalue weighted by molar-refractivity contribution is 5.93. The van der Waals surface area contributed by atoms with E-state index < -0.39 is 0 Å². The minimum Gasteiger partial charge on any atom is -0.326 e. The molecular weight excluding hydrogens is 226 g/mol. The molecule has 1 atom stereocenters. The maximum absolute atomic E-state index is 11.3. The lowest BCUT2D eigenvalue weighted by molar-refractivity contribution is -0.116. The molecule has 0 radical (unpaired) electrons. The van der Waals surface area contributed by atoms with Gasteiger partial charge in [-0.05, 0) is 43.5 Å². The number of carbonyl (C=O) groups excluding carboxylic acids is 1. The van der Waals surface area contributed by atoms with Crippen LogP contribution in [-0.4, -0.2) is 18.5 Å². The van der Waals surface area contributed by atoms with Crippen LogP contribution >= 0.6 is 0 Å². The summed E-state index contributed by atoms with van der Waals surface area (Å²) in [5, 5.41) is 6.23. The van der Waals surface area contributed by atoms with Crippen molar-refractivity contribution in [2.45, 2.75) is 37.3 Å². The molecule has 1 unspecified atom stereocenters. The Balaban J connectivity index is 1.92. The number of hydrogen-bond acceptors (Lipinski definition) is 3. The number of likely N-dealkylation sites (N-methyl/N-ethyl adjacent to an activating group) is 1. The smallest absolute Gasteiger partial charge is 0.224 e. The van der Waals surface area contributed by atoms with Crippen LogP contribution in [0.2, 0.25) is 0 Å². The maximum Gasteiger partial charge on any atom is 0.224 e. The summed E-state index contributed by atoms with van der Waals surface area (Å²) in [6.45, 7) is 0. The summed E-state index contributed by atoms with van der Waals surface area (Å²) >= 11 is 0. The van der Waals surface area contributed by atoms with E-state index in [0.717, 1.165) is 24.9 Å². The van der Waals surface area contributed by atoms with Crippen LogP contribution in [0.1, 0.15) is 36.4 Å². The number of benzene rings is 1. The molecule has 1 saturated carbocycles. The predicted molar refractivity (Wildman–Crippen MR) is 71.3 cm³/mol. The van der Waals surface area contributed by atoms with Crippen molar-refractivity contribution in [3.05, 3.63) is 29.3 Å². The van der Waals surface area contributed by atoms with Crippen molar-refractivity contribution in [1.29, 1.82) is 0 Å². The van der Waals surface area contributed by atoms with Crippen LogP contribution < -0.4 is 16.4 Å². The Morgan fingerprint density at radius 2 is 2.17 bits per heavy atom. The van der Waals surface area contributed by atoms with Crippen LogP contribution in [0.4, 0.5) is 5.69 Å². The summed E-state index contributed by atoms with van der Waals surface area (Å²) in [5.74, 6) is 0.109. The van der Waals surface area contributed by atoms with Gasteiger partial charge in [-0.25, -0.2) is 0 Å². The van der Waals surface area contributed by atoms with Crippen LogP contribution in [0.5, 0.6) is 0 Å². The second-order valence-corrected chi connectivity index (χ2v) is 5.42. The van der Waals surface area contributed by atoms with Gasteiger partial charge in [0.2, 0.25) is 5.91 Å². The normalized spacial score (nSPS) is 22.0. The van der Waals surface area contributed by atoms with Gasteiger partial charge in [-0.15, -0.1) is 0 Å². The second-order valence-electron chi connectivity index (χ2n) is 5.42. The largest absolute Gasteiger partial charge is 0.326 e. The number of rotatable bonds is 3. The van der Waals surface area contributed by atoms with Gasteiger partial charge in [0.25, 0.3) is 0 Å². The van der Waals surface area contributed by atoms with Crippen LogP contribution in [0.3, 0.4) is 0 Å². The first-order valence-electron chi connectivity index (χ1n) is 6.51. The zero-order valence-electron chi connectivity index (χ0n) is 10.6. The van der Waals surface area contributed by atoms with Crippen molar-refractivity contribution in [3.8, 4) is 0 Å². The minimum absolute atomic E-state index is 0.0824. The number of carbonyl (C=O) groups is 1. The lowest BCUT2D eigenvalue weighted by Gasteiger charge is -2.25. The van der Waals surface area contributed by atoms with E-state index in [0.29, 0.717) is 6.42 Å². The van der Waals surface area contributed by atoms with E-state index in [9.17, 15) is 4.79 Å². The molecule has 0 saturated heterocycles. The van der Waals surface area contributed by atoms with Gasteiger partial charge in [-0.2, -0.15) is 0 Å². The standard InChI is InChI=1S/C14H19N3O/c1-16-13(14(15)6-7-14)10-2-4-11-9(8-10)3-5-12(18)17-11/h2,4,8,13,16H,3,5-7,15H2,1H3,(H,17,18). The van der Waals surface area contributed by atoms with E-state index in [1.807, 2.05) is 13.1 Å². The Hall–Kier alpha value is -1.39. The van der Waals surface area contributed by atoms with Gasteiger partial charge in [0, 0.05) is 17.6 Å². The molecule has 1 aliphatic carbocycles. The Bertz CT molecular complexity index is 494. The van der Waals surface area contributed by atoms with Gasteiger partial charge in [0.15, 0.2) is 0 Å². The van der Waals surface area contributed by atoms with E-state index in [1.54, 1.807) is 0 Å². The molecule has 3 rings (SSSR count). The molecular formula is C14H19N3O. The molecule has 18 heavy (non-hydrogen) atoms. The number of amides is 1. The lowest BCUT2D eigenvalue weighted by Crippen LogP contribution is -2.38. The molecule has 4 nitrogen and oxygen atoms in total. The highest BCUT2D eigenvalue weighted by atomic mass is 16.1. The third-order valence-corrected chi connectivity index (χ3v) is 4.05. The van der Waals surface area contributed by atoms with Gasteiger partial charge in [0.05, 0.1) is 6.04 Å². The fraction of sp³-hybridized carbons (Fsp3) is 0.500. The number of fused-ring (bicyclic) bond motifs is 1. The Morgan fingerprint density at radius 1 is 1.39 bits per heavy atom. The van der Waals surface area contributed by atoms with E-state index in [-0.39, 0.29) is 17.5 Å². The molecule has 0 aromatic heterocycles. The SMILES string of the molecule is CNC(c1ccc2c(c1)CCC(=O)N2)C1(N)CC1. The van der Waals surface area contributed by atoms with Gasteiger partial charge >= 0.3 is 0 Å². The third-order valence-electron chi connectivity index (χ3n) is 4.05. The van der Waals surface area contributed by atoms with Crippen molar-refractivity contribution >= 4 is 11.6 Å². The predicted octanol–water partition coefficient (Wildman–Crippen LogP) is 1.32. The second kappa shape index (κ2) is 4.07. The number of hydrogen-bond donors (Lipinski definition) is 3. The average molecular weight is 245 g/mol. The fourth-order valence-corrected chi connectivity index (χ4v) is 2.80. The summed E-state index contributed by atoms with van der Waals surface area (Å²) in [6, 6.07) is 6.46. The summed E-state index contributed by atoms with van der Waals surface area (Å²) < 4.78 is 0. The molecule has 1 amide bonds. The fourth-order valence-electron chi connectivity index (χ4n) is 2.80. The monoisotopic (exact) mass is 245 g/mol. The highest BCUT2D eigenvalue weighted by Gasteiger charge is 2.45. The molecule has 4 N–H and O–H groups in total. The molecule has 2 aliphatic rings. The lowest BCUT2D eigenvalue weighted by atomic mass is 9.93. The van der Waals surface area contributed by atoms with Crippen molar-refractivity contribution in [2.75, 3.05) is 12.4 Å². The Labute approximate surface area is 107 Å². The molecule has 1 aromatic rings. The van der Waals surface area contributed by atoms with Crippen LogP contribution in [0.15, 0.2) is 18.2 Å². The number of nitrogens with two attached hydrogens (primary N) is 1. The summed E-state index contributed by atoms with van der Waals surface area (Å²) in [5.41, 5.74) is 9.62. The Morgan fingerprint density at radius 3 is 2.83 bits per heavy atom. The first kappa shape index (κ1) is 11.7. The first-order valence-corrected chi connectivity index (χ1v) is 6.51. The maximum atomic E-state index is 11.3. The number of aryl methyl sites for hydroxylation is 1. The molecule has 1 heterocycles.